The van der Waals surface area contributed by atoms with Crippen molar-refractivity contribution in [1.82, 2.24) is 15.2 Å². The molecule has 1 fully saturated rings. The van der Waals surface area contributed by atoms with Gasteiger partial charge in [-0.15, -0.1) is 0 Å². The second-order valence-corrected chi connectivity index (χ2v) is 7.63. The van der Waals surface area contributed by atoms with Crippen LogP contribution >= 0.6 is 0 Å². The topological polar surface area (TPSA) is 48.5 Å². The van der Waals surface area contributed by atoms with Crippen molar-refractivity contribution in [2.75, 3.05) is 38.1 Å². The van der Waals surface area contributed by atoms with Crippen LogP contribution in [0.5, 0.6) is 0 Å². The Kier molecular flexibility index (Phi) is 6.60. The molecule has 1 amide bonds. The molecular formula is C19H32N4O. The van der Waals surface area contributed by atoms with Gasteiger partial charge >= 0.3 is 0 Å². The number of hydrogen-bond donors (Lipinski definition) is 1. The van der Waals surface area contributed by atoms with Crippen molar-refractivity contribution >= 4 is 11.7 Å². The number of amides is 1. The molecule has 1 aliphatic heterocycles. The third-order valence-corrected chi connectivity index (χ3v) is 4.69. The summed E-state index contributed by atoms with van der Waals surface area (Å²) < 4.78 is 0. The van der Waals surface area contributed by atoms with Crippen molar-refractivity contribution in [1.29, 1.82) is 0 Å². The van der Waals surface area contributed by atoms with E-state index in [2.05, 4.69) is 47.8 Å². The zero-order valence-corrected chi connectivity index (χ0v) is 15.7. The number of anilines is 1. The van der Waals surface area contributed by atoms with E-state index < -0.39 is 0 Å². The number of hydrogen-bond acceptors (Lipinski definition) is 4. The maximum Gasteiger partial charge on any atom is 0.252 e. The second-order valence-electron chi connectivity index (χ2n) is 7.63. The highest BCUT2D eigenvalue weighted by Crippen LogP contribution is 2.17. The van der Waals surface area contributed by atoms with Crippen LogP contribution in [0.4, 0.5) is 5.82 Å². The molecule has 134 valence electrons. The van der Waals surface area contributed by atoms with Gasteiger partial charge in [-0.2, -0.15) is 0 Å². The van der Waals surface area contributed by atoms with Crippen molar-refractivity contribution in [3.8, 4) is 0 Å². The predicted molar refractivity (Wildman–Crippen MR) is 99.5 cm³/mol. The summed E-state index contributed by atoms with van der Waals surface area (Å²) in [7, 11) is 2.01. The highest BCUT2D eigenvalue weighted by molar-refractivity contribution is 5.94. The van der Waals surface area contributed by atoms with Crippen molar-refractivity contribution in [3.63, 3.8) is 0 Å². The van der Waals surface area contributed by atoms with Gasteiger partial charge in [0.25, 0.3) is 5.91 Å². The Morgan fingerprint density at radius 1 is 1.38 bits per heavy atom. The molecule has 1 atom stereocenters. The van der Waals surface area contributed by atoms with Crippen molar-refractivity contribution in [3.05, 3.63) is 23.9 Å². The molecule has 2 heterocycles. The first-order chi connectivity index (χ1) is 11.4. The van der Waals surface area contributed by atoms with Crippen LogP contribution < -0.4 is 10.2 Å². The number of aromatic nitrogens is 1. The average Bonchev–Trinajstić information content (AvgIpc) is 2.98. The van der Waals surface area contributed by atoms with Gasteiger partial charge in [0.1, 0.15) is 5.82 Å². The maximum atomic E-state index is 12.3. The smallest absolute Gasteiger partial charge is 0.252 e. The average molecular weight is 332 g/mol. The molecule has 24 heavy (non-hydrogen) atoms. The molecule has 1 aromatic rings. The van der Waals surface area contributed by atoms with Crippen LogP contribution in [0.2, 0.25) is 0 Å². The molecule has 0 spiro atoms. The van der Waals surface area contributed by atoms with Gasteiger partial charge in [-0.3, -0.25) is 4.79 Å². The van der Waals surface area contributed by atoms with Crippen molar-refractivity contribution < 1.29 is 4.79 Å². The van der Waals surface area contributed by atoms with E-state index in [4.69, 9.17) is 0 Å². The Morgan fingerprint density at radius 3 is 2.71 bits per heavy atom. The molecule has 0 aromatic carbocycles. The molecule has 1 aromatic heterocycles. The molecule has 0 radical (unpaired) electrons. The SMILES string of the molecule is CC(C)CN1CCC(CNC(=O)c2ccc(N(C)C(C)C)nc2)C1. The van der Waals surface area contributed by atoms with E-state index in [1.165, 1.54) is 6.42 Å². The highest BCUT2D eigenvalue weighted by Gasteiger charge is 2.23. The third kappa shape index (κ3) is 5.20. The predicted octanol–water partition coefficient (Wildman–Crippen LogP) is 2.63. The van der Waals surface area contributed by atoms with E-state index in [0.29, 0.717) is 23.4 Å². The summed E-state index contributed by atoms with van der Waals surface area (Å²) in [6.07, 6.45) is 2.84. The van der Waals surface area contributed by atoms with Gasteiger partial charge in [-0.05, 0) is 50.8 Å². The molecule has 1 aliphatic rings. The molecule has 5 heteroatoms. The Morgan fingerprint density at radius 2 is 2.12 bits per heavy atom. The van der Waals surface area contributed by atoms with Gasteiger partial charge in [0.05, 0.1) is 5.56 Å². The quantitative estimate of drug-likeness (QED) is 0.834. The number of nitrogens with one attached hydrogen (secondary N) is 1. The largest absolute Gasteiger partial charge is 0.357 e. The molecule has 2 rings (SSSR count). The van der Waals surface area contributed by atoms with Crippen LogP contribution in [0.25, 0.3) is 0 Å². The molecule has 1 unspecified atom stereocenters. The van der Waals surface area contributed by atoms with E-state index in [0.717, 1.165) is 32.0 Å². The summed E-state index contributed by atoms with van der Waals surface area (Å²) in [5.41, 5.74) is 0.632. The van der Waals surface area contributed by atoms with Crippen LogP contribution in [-0.4, -0.2) is 55.1 Å². The lowest BCUT2D eigenvalue weighted by Crippen LogP contribution is -2.32. The molecule has 5 nitrogen and oxygen atoms in total. The first-order valence-corrected chi connectivity index (χ1v) is 9.06. The summed E-state index contributed by atoms with van der Waals surface area (Å²) in [5.74, 6) is 2.13. The number of carbonyl (C=O) groups is 1. The Balaban J connectivity index is 1.81. The van der Waals surface area contributed by atoms with Crippen LogP contribution in [0.3, 0.4) is 0 Å². The minimum Gasteiger partial charge on any atom is -0.357 e. The molecule has 0 bridgehead atoms. The second kappa shape index (κ2) is 8.47. The summed E-state index contributed by atoms with van der Waals surface area (Å²) in [6, 6.07) is 4.15. The summed E-state index contributed by atoms with van der Waals surface area (Å²) in [5, 5.41) is 3.07. The molecule has 1 N–H and O–H groups in total. The van der Waals surface area contributed by atoms with Crippen LogP contribution in [0.15, 0.2) is 18.3 Å². The van der Waals surface area contributed by atoms with Crippen molar-refractivity contribution in [2.24, 2.45) is 11.8 Å². The van der Waals surface area contributed by atoms with Gasteiger partial charge < -0.3 is 15.1 Å². The minimum atomic E-state index is -0.0245. The summed E-state index contributed by atoms with van der Waals surface area (Å²) >= 11 is 0. The lowest BCUT2D eigenvalue weighted by atomic mass is 10.1. The first kappa shape index (κ1) is 18.7. The lowest BCUT2D eigenvalue weighted by Gasteiger charge is -2.22. The van der Waals surface area contributed by atoms with E-state index in [1.807, 2.05) is 19.2 Å². The third-order valence-electron chi connectivity index (χ3n) is 4.69. The van der Waals surface area contributed by atoms with E-state index >= 15 is 0 Å². The minimum absolute atomic E-state index is 0.0245. The van der Waals surface area contributed by atoms with Crippen LogP contribution in [0.1, 0.15) is 44.5 Å². The monoisotopic (exact) mass is 332 g/mol. The molecule has 0 aliphatic carbocycles. The fraction of sp³-hybridized carbons (Fsp3) is 0.684. The normalized spacial score (nSPS) is 18.4. The molecule has 1 saturated heterocycles. The van der Waals surface area contributed by atoms with Gasteiger partial charge in [-0.25, -0.2) is 4.98 Å². The van der Waals surface area contributed by atoms with Crippen molar-refractivity contribution in [2.45, 2.75) is 40.2 Å². The fourth-order valence-electron chi connectivity index (χ4n) is 3.09. The zero-order chi connectivity index (χ0) is 17.7. The first-order valence-electron chi connectivity index (χ1n) is 9.06. The van der Waals surface area contributed by atoms with Gasteiger partial charge in [0.15, 0.2) is 0 Å². The fourth-order valence-corrected chi connectivity index (χ4v) is 3.09. The van der Waals surface area contributed by atoms with Gasteiger partial charge in [0.2, 0.25) is 0 Å². The summed E-state index contributed by atoms with van der Waals surface area (Å²) in [4.78, 5) is 21.3. The van der Waals surface area contributed by atoms with E-state index in [9.17, 15) is 4.79 Å². The number of likely N-dealkylation sites (tertiary alicyclic amines) is 1. The standard InChI is InChI=1S/C19H32N4O/c1-14(2)12-23-9-8-16(13-23)10-21-19(24)17-6-7-18(20-11-17)22(5)15(3)4/h6-7,11,14-16H,8-10,12-13H2,1-5H3,(H,21,24). The lowest BCUT2D eigenvalue weighted by molar-refractivity contribution is 0.0947. The molecule has 0 saturated carbocycles. The van der Waals surface area contributed by atoms with Gasteiger partial charge in [-0.1, -0.05) is 13.8 Å². The zero-order valence-electron chi connectivity index (χ0n) is 15.7. The van der Waals surface area contributed by atoms with E-state index in [-0.39, 0.29) is 5.91 Å². The Hall–Kier alpha value is -1.62. The summed E-state index contributed by atoms with van der Waals surface area (Å²) in [6.45, 7) is 12.9. The Bertz CT molecular complexity index is 527. The number of pyridine rings is 1. The number of carbonyl (C=O) groups excluding carboxylic acids is 1. The highest BCUT2D eigenvalue weighted by atomic mass is 16.1. The molecular weight excluding hydrogens is 300 g/mol. The number of nitrogens with zero attached hydrogens (tertiary/aromatic N) is 3. The maximum absolute atomic E-state index is 12.3. The van der Waals surface area contributed by atoms with Crippen LogP contribution in [0, 0.1) is 11.8 Å². The number of rotatable bonds is 7. The van der Waals surface area contributed by atoms with Gasteiger partial charge in [0, 0.05) is 38.9 Å². The Labute approximate surface area is 146 Å². The van der Waals surface area contributed by atoms with E-state index in [1.54, 1.807) is 6.20 Å². The van der Waals surface area contributed by atoms with Crippen LogP contribution in [-0.2, 0) is 0 Å².